The van der Waals surface area contributed by atoms with E-state index >= 15 is 0 Å². The normalized spacial score (nSPS) is 13.2. The number of methoxy groups -OCH3 is 1. The number of carbonyl (C=O) groups excluding carboxylic acids is 2. The van der Waals surface area contributed by atoms with Gasteiger partial charge in [-0.05, 0) is 25.1 Å². The Labute approximate surface area is 132 Å². The van der Waals surface area contributed by atoms with Gasteiger partial charge in [-0.1, -0.05) is 23.2 Å². The molecule has 6 nitrogen and oxygen atoms in total. The molecule has 8 heteroatoms. The van der Waals surface area contributed by atoms with Crippen molar-refractivity contribution in [2.45, 2.75) is 19.0 Å². The molecule has 116 valence electrons. The first-order valence-corrected chi connectivity index (χ1v) is 6.84. The lowest BCUT2D eigenvalue weighted by Gasteiger charge is -2.19. The summed E-state index contributed by atoms with van der Waals surface area (Å²) >= 11 is 11.7. The molecule has 0 saturated carbocycles. The summed E-state index contributed by atoms with van der Waals surface area (Å²) in [5, 5.41) is 15.2. The highest BCUT2D eigenvalue weighted by atomic mass is 35.5. The van der Waals surface area contributed by atoms with Gasteiger partial charge in [0.05, 0.1) is 13.7 Å². The van der Waals surface area contributed by atoms with Gasteiger partial charge in [-0.15, -0.1) is 0 Å². The Morgan fingerprint density at radius 3 is 2.33 bits per heavy atom. The first kappa shape index (κ1) is 17.6. The number of ether oxygens (including phenoxy) is 1. The van der Waals surface area contributed by atoms with Crippen molar-refractivity contribution in [1.82, 2.24) is 5.32 Å². The second-order valence-electron chi connectivity index (χ2n) is 4.29. The lowest BCUT2D eigenvalue weighted by atomic mass is 10.2. The van der Waals surface area contributed by atoms with Gasteiger partial charge in [-0.25, -0.2) is 4.79 Å². The van der Waals surface area contributed by atoms with E-state index < -0.39 is 30.6 Å². The SMILES string of the molecule is COC(=O)[C@H](CO)NC(=O)[C@H](C)Nc1cc(Cl)cc(Cl)c1. The maximum absolute atomic E-state index is 11.9. The standard InChI is InChI=1S/C13H16Cl2N2O4/c1-7(12(19)17-11(6-18)13(20)21-2)16-10-4-8(14)3-9(15)5-10/h3-5,7,11,16,18H,6H2,1-2H3,(H,17,19)/t7-,11-/m0/s1. The quantitative estimate of drug-likeness (QED) is 0.685. The fourth-order valence-electron chi connectivity index (χ4n) is 1.57. The number of hydrogen-bond donors (Lipinski definition) is 3. The number of aliphatic hydroxyl groups excluding tert-OH is 1. The zero-order valence-corrected chi connectivity index (χ0v) is 13.0. The van der Waals surface area contributed by atoms with Crippen LogP contribution in [0.4, 0.5) is 5.69 Å². The monoisotopic (exact) mass is 334 g/mol. The summed E-state index contributed by atoms with van der Waals surface area (Å²) in [7, 11) is 1.17. The van der Waals surface area contributed by atoms with E-state index in [9.17, 15) is 9.59 Å². The fraction of sp³-hybridized carbons (Fsp3) is 0.385. The molecular weight excluding hydrogens is 319 g/mol. The Morgan fingerprint density at radius 1 is 1.29 bits per heavy atom. The van der Waals surface area contributed by atoms with Crippen molar-refractivity contribution in [3.8, 4) is 0 Å². The molecule has 1 aromatic rings. The number of anilines is 1. The first-order chi connectivity index (χ1) is 9.87. The number of hydrogen-bond acceptors (Lipinski definition) is 5. The average Bonchev–Trinajstić information content (AvgIpc) is 2.42. The Hall–Kier alpha value is -1.50. The largest absolute Gasteiger partial charge is 0.467 e. The molecule has 21 heavy (non-hydrogen) atoms. The van der Waals surface area contributed by atoms with Gasteiger partial charge in [0, 0.05) is 15.7 Å². The number of halogens is 2. The van der Waals surface area contributed by atoms with Gasteiger partial charge < -0.3 is 20.5 Å². The van der Waals surface area contributed by atoms with E-state index in [-0.39, 0.29) is 0 Å². The fourth-order valence-corrected chi connectivity index (χ4v) is 2.10. The van der Waals surface area contributed by atoms with Crippen molar-refractivity contribution in [2.75, 3.05) is 19.0 Å². The van der Waals surface area contributed by atoms with Crippen molar-refractivity contribution in [3.05, 3.63) is 28.2 Å². The van der Waals surface area contributed by atoms with Crippen LogP contribution in [-0.2, 0) is 14.3 Å². The van der Waals surface area contributed by atoms with Gasteiger partial charge in [-0.2, -0.15) is 0 Å². The predicted molar refractivity (Wildman–Crippen MR) is 80.6 cm³/mol. The molecule has 3 N–H and O–H groups in total. The number of aliphatic hydroxyl groups is 1. The summed E-state index contributed by atoms with van der Waals surface area (Å²) in [6.45, 7) is 1.05. The van der Waals surface area contributed by atoms with Crippen LogP contribution in [0.3, 0.4) is 0 Å². The van der Waals surface area contributed by atoms with Crippen LogP contribution in [-0.4, -0.2) is 42.8 Å². The Kier molecular flexibility index (Phi) is 6.74. The molecule has 0 radical (unpaired) electrons. The molecule has 0 spiro atoms. The molecule has 2 atom stereocenters. The Morgan fingerprint density at radius 2 is 1.86 bits per heavy atom. The topological polar surface area (TPSA) is 87.7 Å². The molecule has 0 saturated heterocycles. The summed E-state index contributed by atoms with van der Waals surface area (Å²) in [4.78, 5) is 23.2. The Balaban J connectivity index is 2.67. The van der Waals surface area contributed by atoms with Crippen LogP contribution in [0.5, 0.6) is 0 Å². The number of benzene rings is 1. The van der Waals surface area contributed by atoms with E-state index in [0.717, 1.165) is 0 Å². The third kappa shape index (κ3) is 5.41. The molecule has 1 rings (SSSR count). The molecule has 0 aliphatic rings. The van der Waals surface area contributed by atoms with Gasteiger partial charge in [0.1, 0.15) is 6.04 Å². The molecule has 0 fully saturated rings. The molecular formula is C13H16Cl2N2O4. The van der Waals surface area contributed by atoms with E-state index in [2.05, 4.69) is 15.4 Å². The highest BCUT2D eigenvalue weighted by Gasteiger charge is 2.23. The van der Waals surface area contributed by atoms with Crippen LogP contribution in [0.1, 0.15) is 6.92 Å². The van der Waals surface area contributed by atoms with E-state index in [4.69, 9.17) is 28.3 Å². The van der Waals surface area contributed by atoms with Crippen LogP contribution in [0, 0.1) is 0 Å². The number of carbonyl (C=O) groups is 2. The number of nitrogens with one attached hydrogen (secondary N) is 2. The molecule has 0 aliphatic carbocycles. The molecule has 0 aromatic heterocycles. The molecule has 0 aliphatic heterocycles. The van der Waals surface area contributed by atoms with Gasteiger partial charge >= 0.3 is 5.97 Å². The van der Waals surface area contributed by atoms with Crippen molar-refractivity contribution >= 4 is 40.8 Å². The molecule has 1 aromatic carbocycles. The van der Waals surface area contributed by atoms with Crippen LogP contribution < -0.4 is 10.6 Å². The average molecular weight is 335 g/mol. The minimum Gasteiger partial charge on any atom is -0.467 e. The minimum atomic E-state index is -1.10. The van der Waals surface area contributed by atoms with Gasteiger partial charge in [0.15, 0.2) is 6.04 Å². The number of amides is 1. The maximum atomic E-state index is 11.9. The van der Waals surface area contributed by atoms with E-state index in [0.29, 0.717) is 15.7 Å². The third-order valence-corrected chi connectivity index (χ3v) is 3.06. The van der Waals surface area contributed by atoms with Crippen LogP contribution in [0.2, 0.25) is 10.0 Å². The zero-order chi connectivity index (χ0) is 16.0. The predicted octanol–water partition coefficient (Wildman–Crippen LogP) is 1.44. The highest BCUT2D eigenvalue weighted by molar-refractivity contribution is 6.35. The lowest BCUT2D eigenvalue weighted by molar-refractivity contribution is -0.146. The highest BCUT2D eigenvalue weighted by Crippen LogP contribution is 2.22. The molecule has 1 amide bonds. The summed E-state index contributed by atoms with van der Waals surface area (Å²) in [5.41, 5.74) is 0.564. The van der Waals surface area contributed by atoms with Gasteiger partial charge in [0.2, 0.25) is 5.91 Å². The van der Waals surface area contributed by atoms with Gasteiger partial charge in [0.25, 0.3) is 0 Å². The summed E-state index contributed by atoms with van der Waals surface area (Å²) in [6, 6.07) is 3.02. The van der Waals surface area contributed by atoms with Crippen molar-refractivity contribution in [1.29, 1.82) is 0 Å². The van der Waals surface area contributed by atoms with E-state index in [1.54, 1.807) is 25.1 Å². The van der Waals surface area contributed by atoms with Crippen LogP contribution >= 0.6 is 23.2 Å². The van der Waals surface area contributed by atoms with Crippen LogP contribution in [0.15, 0.2) is 18.2 Å². The molecule has 0 bridgehead atoms. The second-order valence-corrected chi connectivity index (χ2v) is 5.16. The first-order valence-electron chi connectivity index (χ1n) is 6.09. The minimum absolute atomic E-state index is 0.431. The summed E-state index contributed by atoms with van der Waals surface area (Å²) < 4.78 is 4.46. The summed E-state index contributed by atoms with van der Waals surface area (Å²) in [6.07, 6.45) is 0. The molecule has 0 unspecified atom stereocenters. The molecule has 0 heterocycles. The summed E-state index contributed by atoms with van der Waals surface area (Å²) in [5.74, 6) is -1.20. The Bertz CT molecular complexity index is 505. The van der Waals surface area contributed by atoms with E-state index in [1.807, 2.05) is 0 Å². The maximum Gasteiger partial charge on any atom is 0.330 e. The lowest BCUT2D eigenvalue weighted by Crippen LogP contribution is -2.49. The van der Waals surface area contributed by atoms with Crippen molar-refractivity contribution in [3.63, 3.8) is 0 Å². The van der Waals surface area contributed by atoms with Crippen molar-refractivity contribution < 1.29 is 19.4 Å². The van der Waals surface area contributed by atoms with E-state index in [1.165, 1.54) is 7.11 Å². The second kappa shape index (κ2) is 8.07. The van der Waals surface area contributed by atoms with Crippen LogP contribution in [0.25, 0.3) is 0 Å². The van der Waals surface area contributed by atoms with Gasteiger partial charge in [-0.3, -0.25) is 4.79 Å². The smallest absolute Gasteiger partial charge is 0.330 e. The third-order valence-electron chi connectivity index (χ3n) is 2.62. The number of esters is 1. The zero-order valence-electron chi connectivity index (χ0n) is 11.5. The number of rotatable bonds is 6. The van der Waals surface area contributed by atoms with Crippen molar-refractivity contribution in [2.24, 2.45) is 0 Å².